The van der Waals surface area contributed by atoms with E-state index in [9.17, 15) is 4.39 Å². The van der Waals surface area contributed by atoms with Gasteiger partial charge in [0.05, 0.1) is 5.02 Å². The standard InChI is InChI=1S/C17H24BrClFN/c1-4-16(2,3)11-7-9-17(21,10-8-11)12-5-6-13(18)14(19)15(12)20/h5-6,11H,4,7-10,21H2,1-3H3. The highest BCUT2D eigenvalue weighted by Gasteiger charge is 2.39. The van der Waals surface area contributed by atoms with Gasteiger partial charge in [0.15, 0.2) is 0 Å². The van der Waals surface area contributed by atoms with Crippen LogP contribution < -0.4 is 5.73 Å². The minimum atomic E-state index is -0.589. The Morgan fingerprint density at radius 3 is 2.48 bits per heavy atom. The first kappa shape index (κ1) is 17.2. The maximum Gasteiger partial charge on any atom is 0.147 e. The molecule has 0 atom stereocenters. The Bertz CT molecular complexity index is 522. The van der Waals surface area contributed by atoms with Gasteiger partial charge in [-0.05, 0) is 59.0 Å². The lowest BCUT2D eigenvalue weighted by Gasteiger charge is -2.43. The summed E-state index contributed by atoms with van der Waals surface area (Å²) in [5.41, 5.74) is 6.83. The molecule has 4 heteroatoms. The Morgan fingerprint density at radius 1 is 1.38 bits per heavy atom. The summed E-state index contributed by atoms with van der Waals surface area (Å²) in [7, 11) is 0. The molecule has 0 unspecified atom stereocenters. The number of nitrogens with two attached hydrogens (primary N) is 1. The summed E-state index contributed by atoms with van der Waals surface area (Å²) in [6.07, 6.45) is 4.88. The molecular weight excluding hydrogens is 353 g/mol. The van der Waals surface area contributed by atoms with Gasteiger partial charge in [0.2, 0.25) is 0 Å². The molecule has 1 aliphatic rings. The molecule has 1 saturated carbocycles. The summed E-state index contributed by atoms with van der Waals surface area (Å²) in [6.45, 7) is 6.87. The molecule has 2 N–H and O–H groups in total. The third-order valence-electron chi connectivity index (χ3n) is 5.47. The van der Waals surface area contributed by atoms with Gasteiger partial charge >= 0.3 is 0 Å². The van der Waals surface area contributed by atoms with Crippen molar-refractivity contribution < 1.29 is 4.39 Å². The van der Waals surface area contributed by atoms with Crippen molar-refractivity contribution in [3.05, 3.63) is 33.0 Å². The fourth-order valence-corrected chi connectivity index (χ4v) is 3.85. The van der Waals surface area contributed by atoms with Crippen LogP contribution in [0, 0.1) is 17.2 Å². The zero-order valence-corrected chi connectivity index (χ0v) is 15.3. The molecule has 0 saturated heterocycles. The first-order valence-electron chi connectivity index (χ1n) is 7.64. The van der Waals surface area contributed by atoms with E-state index in [1.54, 1.807) is 12.1 Å². The highest BCUT2D eigenvalue weighted by Crippen LogP contribution is 2.47. The van der Waals surface area contributed by atoms with Crippen LogP contribution in [0.25, 0.3) is 0 Å². The maximum atomic E-state index is 14.4. The van der Waals surface area contributed by atoms with E-state index in [-0.39, 0.29) is 10.8 Å². The molecule has 0 aromatic heterocycles. The van der Waals surface area contributed by atoms with Gasteiger partial charge in [-0.3, -0.25) is 0 Å². The van der Waals surface area contributed by atoms with Crippen molar-refractivity contribution in [3.8, 4) is 0 Å². The van der Waals surface area contributed by atoms with Crippen LogP contribution in [0.2, 0.25) is 5.02 Å². The van der Waals surface area contributed by atoms with E-state index in [0.717, 1.165) is 32.1 Å². The second-order valence-electron chi connectivity index (χ2n) is 7.00. The van der Waals surface area contributed by atoms with Gasteiger partial charge in [-0.2, -0.15) is 0 Å². The smallest absolute Gasteiger partial charge is 0.147 e. The predicted octanol–water partition coefficient (Wildman–Crippen LogP) is 6.02. The Morgan fingerprint density at radius 2 is 1.95 bits per heavy atom. The fraction of sp³-hybridized carbons (Fsp3) is 0.647. The lowest BCUT2D eigenvalue weighted by Crippen LogP contribution is -2.43. The highest BCUT2D eigenvalue weighted by molar-refractivity contribution is 9.10. The Labute approximate surface area is 140 Å². The van der Waals surface area contributed by atoms with Crippen molar-refractivity contribution in [2.45, 2.75) is 58.4 Å². The molecule has 1 aromatic rings. The minimum absolute atomic E-state index is 0.133. The van der Waals surface area contributed by atoms with Gasteiger partial charge in [0.1, 0.15) is 5.82 Å². The molecule has 21 heavy (non-hydrogen) atoms. The van der Waals surface area contributed by atoms with E-state index in [2.05, 4.69) is 36.7 Å². The summed E-state index contributed by atoms with van der Waals surface area (Å²) in [5.74, 6) is 0.287. The third kappa shape index (κ3) is 3.30. The van der Waals surface area contributed by atoms with Crippen LogP contribution in [0.5, 0.6) is 0 Å². The molecular formula is C17H24BrClFN. The van der Waals surface area contributed by atoms with E-state index in [1.807, 2.05) is 0 Å². The van der Waals surface area contributed by atoms with E-state index in [1.165, 1.54) is 0 Å². The number of hydrogen-bond acceptors (Lipinski definition) is 1. The molecule has 0 aliphatic heterocycles. The van der Waals surface area contributed by atoms with Gasteiger partial charge in [-0.25, -0.2) is 4.39 Å². The molecule has 2 rings (SSSR count). The monoisotopic (exact) mass is 375 g/mol. The lowest BCUT2D eigenvalue weighted by atomic mass is 9.64. The van der Waals surface area contributed by atoms with Crippen molar-refractivity contribution in [2.24, 2.45) is 17.1 Å². The van der Waals surface area contributed by atoms with Crippen LogP contribution in [0.15, 0.2) is 16.6 Å². The number of benzene rings is 1. The maximum absolute atomic E-state index is 14.4. The molecule has 1 aliphatic carbocycles. The molecule has 1 fully saturated rings. The van der Waals surface area contributed by atoms with Gasteiger partial charge in [-0.15, -0.1) is 0 Å². The molecule has 118 valence electrons. The normalized spacial score (nSPS) is 26.9. The van der Waals surface area contributed by atoms with Crippen LogP contribution in [0.1, 0.15) is 58.4 Å². The summed E-state index contributed by atoms with van der Waals surface area (Å²) in [4.78, 5) is 0. The highest BCUT2D eigenvalue weighted by atomic mass is 79.9. The van der Waals surface area contributed by atoms with Crippen molar-refractivity contribution in [1.82, 2.24) is 0 Å². The quantitative estimate of drug-likeness (QED) is 0.641. The summed E-state index contributed by atoms with van der Waals surface area (Å²) < 4.78 is 15.0. The first-order chi connectivity index (χ1) is 9.71. The molecule has 1 aromatic carbocycles. The van der Waals surface area contributed by atoms with Crippen molar-refractivity contribution in [3.63, 3.8) is 0 Å². The van der Waals surface area contributed by atoms with Crippen LogP contribution in [-0.4, -0.2) is 0 Å². The van der Waals surface area contributed by atoms with Gasteiger partial charge in [0.25, 0.3) is 0 Å². The third-order valence-corrected chi connectivity index (χ3v) is 6.72. The summed E-state index contributed by atoms with van der Waals surface area (Å²) in [6, 6.07) is 3.56. The topological polar surface area (TPSA) is 26.0 Å². The van der Waals surface area contributed by atoms with E-state index in [4.69, 9.17) is 17.3 Å². The Hall–Kier alpha value is -0.120. The van der Waals surface area contributed by atoms with E-state index < -0.39 is 5.54 Å². The minimum Gasteiger partial charge on any atom is -0.321 e. The zero-order chi connectivity index (χ0) is 15.8. The van der Waals surface area contributed by atoms with Gasteiger partial charge in [0, 0.05) is 15.6 Å². The average molecular weight is 377 g/mol. The van der Waals surface area contributed by atoms with Crippen molar-refractivity contribution in [2.75, 3.05) is 0 Å². The van der Waals surface area contributed by atoms with Gasteiger partial charge < -0.3 is 5.73 Å². The fourth-order valence-electron chi connectivity index (χ4n) is 3.38. The van der Waals surface area contributed by atoms with Crippen LogP contribution in [0.4, 0.5) is 4.39 Å². The van der Waals surface area contributed by atoms with Crippen LogP contribution in [0.3, 0.4) is 0 Å². The summed E-state index contributed by atoms with van der Waals surface area (Å²) in [5, 5.41) is 0.133. The van der Waals surface area contributed by atoms with Gasteiger partial charge in [-0.1, -0.05) is 44.9 Å². The molecule has 0 spiro atoms. The predicted molar refractivity (Wildman–Crippen MR) is 91.0 cm³/mol. The van der Waals surface area contributed by atoms with Crippen LogP contribution in [-0.2, 0) is 5.54 Å². The second-order valence-corrected chi connectivity index (χ2v) is 8.23. The zero-order valence-electron chi connectivity index (χ0n) is 13.0. The average Bonchev–Trinajstić information content (AvgIpc) is 2.45. The molecule has 1 nitrogen and oxygen atoms in total. The van der Waals surface area contributed by atoms with Crippen LogP contribution >= 0.6 is 27.5 Å². The largest absolute Gasteiger partial charge is 0.321 e. The Balaban J connectivity index is 2.22. The van der Waals surface area contributed by atoms with Crippen molar-refractivity contribution in [1.29, 1.82) is 0 Å². The number of halogens is 3. The number of hydrogen-bond donors (Lipinski definition) is 1. The molecule has 0 bridgehead atoms. The molecule has 0 radical (unpaired) electrons. The Kier molecular flexibility index (Phi) is 5.07. The number of rotatable bonds is 3. The second kappa shape index (κ2) is 6.17. The molecule has 0 amide bonds. The summed E-state index contributed by atoms with van der Waals surface area (Å²) >= 11 is 9.26. The van der Waals surface area contributed by atoms with E-state index in [0.29, 0.717) is 21.4 Å². The first-order valence-corrected chi connectivity index (χ1v) is 8.81. The lowest BCUT2D eigenvalue weighted by molar-refractivity contribution is 0.113. The molecule has 0 heterocycles. The van der Waals surface area contributed by atoms with E-state index >= 15 is 0 Å². The van der Waals surface area contributed by atoms with Crippen molar-refractivity contribution >= 4 is 27.5 Å². The SMILES string of the molecule is CCC(C)(C)C1CCC(N)(c2ccc(Br)c(Cl)c2F)CC1.